The molecule has 2 heterocycles. The van der Waals surface area contributed by atoms with Gasteiger partial charge in [0.05, 0.1) is 23.3 Å². The number of esters is 1. The maximum Gasteiger partial charge on any atom is 0.353 e. The molecule has 9 nitrogen and oxygen atoms in total. The van der Waals surface area contributed by atoms with Crippen LogP contribution in [0.3, 0.4) is 0 Å². The van der Waals surface area contributed by atoms with E-state index in [-0.39, 0.29) is 33.9 Å². The molecule has 1 aliphatic heterocycles. The highest BCUT2D eigenvalue weighted by atomic mass is 16.6. The van der Waals surface area contributed by atoms with Crippen molar-refractivity contribution in [2.75, 3.05) is 23.9 Å². The predicted molar refractivity (Wildman–Crippen MR) is 117 cm³/mol. The van der Waals surface area contributed by atoms with E-state index >= 15 is 0 Å². The summed E-state index contributed by atoms with van der Waals surface area (Å²) >= 11 is 0. The number of carbonyl (C=O) groups is 1. The molecule has 0 amide bonds. The van der Waals surface area contributed by atoms with E-state index in [0.29, 0.717) is 11.5 Å². The highest BCUT2D eigenvalue weighted by Crippen LogP contribution is 2.54. The molecule has 1 N–H and O–H groups in total. The van der Waals surface area contributed by atoms with Gasteiger partial charge in [-0.1, -0.05) is 32.9 Å². The summed E-state index contributed by atoms with van der Waals surface area (Å²) in [6, 6.07) is 6.87. The van der Waals surface area contributed by atoms with Gasteiger partial charge < -0.3 is 15.0 Å². The summed E-state index contributed by atoms with van der Waals surface area (Å²) < 4.78 is 4.82. The molecular weight excluding hydrogens is 398 g/mol. The lowest BCUT2D eigenvalue weighted by atomic mass is 9.65. The van der Waals surface area contributed by atoms with E-state index in [1.165, 1.54) is 13.4 Å². The van der Waals surface area contributed by atoms with Gasteiger partial charge in [-0.05, 0) is 42.2 Å². The average Bonchev–Trinajstić information content (AvgIpc) is 2.96. The van der Waals surface area contributed by atoms with E-state index < -0.39 is 10.9 Å². The molecule has 9 heteroatoms. The van der Waals surface area contributed by atoms with E-state index in [9.17, 15) is 14.9 Å². The molecule has 1 saturated carbocycles. The number of nitro groups is 1. The van der Waals surface area contributed by atoms with Crippen LogP contribution in [0, 0.1) is 20.9 Å². The molecular formula is C22H27N5O4. The molecule has 4 rings (SSSR count). The van der Waals surface area contributed by atoms with E-state index in [2.05, 4.69) is 41.0 Å². The first-order chi connectivity index (χ1) is 14.6. The fourth-order valence-corrected chi connectivity index (χ4v) is 5.55. The van der Waals surface area contributed by atoms with Crippen LogP contribution in [0.1, 0.15) is 50.4 Å². The minimum Gasteiger partial charge on any atom is -0.465 e. The van der Waals surface area contributed by atoms with Crippen molar-refractivity contribution in [1.29, 1.82) is 0 Å². The Morgan fingerprint density at radius 3 is 2.71 bits per heavy atom. The Kier molecular flexibility index (Phi) is 5.07. The Morgan fingerprint density at radius 1 is 1.26 bits per heavy atom. The number of hydrogen-bond donors (Lipinski definition) is 1. The number of ether oxygens (including phenoxy) is 1. The van der Waals surface area contributed by atoms with Gasteiger partial charge in [-0.25, -0.2) is 14.8 Å². The van der Waals surface area contributed by atoms with Gasteiger partial charge in [0.2, 0.25) is 11.6 Å². The zero-order chi connectivity index (χ0) is 22.4. The lowest BCUT2D eigenvalue weighted by Crippen LogP contribution is -2.35. The van der Waals surface area contributed by atoms with Crippen molar-refractivity contribution < 1.29 is 14.5 Å². The maximum absolute atomic E-state index is 12.1. The number of nitrogens with zero attached hydrogens (tertiary/aromatic N) is 4. The number of fused-ring (bicyclic) bond motifs is 2. The number of benzene rings is 1. The van der Waals surface area contributed by atoms with Crippen molar-refractivity contribution in [3.05, 3.63) is 46.3 Å². The first-order valence-corrected chi connectivity index (χ1v) is 10.3. The van der Waals surface area contributed by atoms with Gasteiger partial charge in [0, 0.05) is 12.6 Å². The lowest BCUT2D eigenvalue weighted by molar-refractivity contribution is -0.383. The first-order valence-electron chi connectivity index (χ1n) is 10.3. The van der Waals surface area contributed by atoms with Crippen molar-refractivity contribution in [3.63, 3.8) is 0 Å². The summed E-state index contributed by atoms with van der Waals surface area (Å²) in [4.78, 5) is 34.3. The maximum atomic E-state index is 12.1. The lowest BCUT2D eigenvalue weighted by Gasteiger charge is -2.39. The van der Waals surface area contributed by atoms with Crippen LogP contribution in [0.4, 0.5) is 23.0 Å². The first kappa shape index (κ1) is 21.0. The van der Waals surface area contributed by atoms with E-state index in [1.54, 1.807) is 24.3 Å². The number of para-hydroxylation sites is 1. The summed E-state index contributed by atoms with van der Waals surface area (Å²) in [6.07, 6.45) is 4.36. The topological polar surface area (TPSA) is 110 Å². The van der Waals surface area contributed by atoms with Crippen molar-refractivity contribution in [1.82, 2.24) is 9.97 Å². The Labute approximate surface area is 181 Å². The number of aromatic nitrogens is 2. The number of rotatable bonds is 5. The molecule has 2 unspecified atom stereocenters. The van der Waals surface area contributed by atoms with Crippen LogP contribution >= 0.6 is 0 Å². The van der Waals surface area contributed by atoms with Crippen LogP contribution in [0.15, 0.2) is 30.6 Å². The molecule has 2 fully saturated rings. The second-order valence-corrected chi connectivity index (χ2v) is 9.66. The normalized spacial score (nSPS) is 24.0. The minimum atomic E-state index is -0.538. The van der Waals surface area contributed by atoms with Crippen LogP contribution in [-0.4, -0.2) is 40.6 Å². The third-order valence-electron chi connectivity index (χ3n) is 6.26. The van der Waals surface area contributed by atoms with Gasteiger partial charge in [0.15, 0.2) is 0 Å². The summed E-state index contributed by atoms with van der Waals surface area (Å²) in [6.45, 7) is 7.48. The highest BCUT2D eigenvalue weighted by Gasteiger charge is 2.51. The molecule has 31 heavy (non-hydrogen) atoms. The van der Waals surface area contributed by atoms with Crippen LogP contribution in [0.5, 0.6) is 0 Å². The van der Waals surface area contributed by atoms with Gasteiger partial charge in [0.25, 0.3) is 0 Å². The number of nitrogens with one attached hydrogen (secondary N) is 1. The second-order valence-electron chi connectivity index (χ2n) is 9.66. The monoisotopic (exact) mass is 425 g/mol. The molecule has 2 aliphatic rings. The molecule has 0 radical (unpaired) electrons. The zero-order valence-corrected chi connectivity index (χ0v) is 18.2. The fourth-order valence-electron chi connectivity index (χ4n) is 5.55. The summed E-state index contributed by atoms with van der Waals surface area (Å²) in [5.74, 6) is -0.162. The van der Waals surface area contributed by atoms with E-state index in [4.69, 9.17) is 4.74 Å². The van der Waals surface area contributed by atoms with Gasteiger partial charge >= 0.3 is 11.7 Å². The fraction of sp³-hybridized carbons (Fsp3) is 0.500. The van der Waals surface area contributed by atoms with Gasteiger partial charge in [-0.15, -0.1) is 0 Å². The minimum absolute atomic E-state index is 0.0530. The smallest absolute Gasteiger partial charge is 0.353 e. The predicted octanol–water partition coefficient (Wildman–Crippen LogP) is 4.32. The Balaban J connectivity index is 1.75. The van der Waals surface area contributed by atoms with Crippen LogP contribution in [-0.2, 0) is 4.74 Å². The number of carbonyl (C=O) groups excluding carboxylic acids is 1. The van der Waals surface area contributed by atoms with Crippen LogP contribution < -0.4 is 10.2 Å². The molecule has 1 saturated heterocycles. The van der Waals surface area contributed by atoms with Crippen LogP contribution in [0.25, 0.3) is 0 Å². The molecule has 164 valence electrons. The Bertz CT molecular complexity index is 1040. The largest absolute Gasteiger partial charge is 0.465 e. The number of methoxy groups -OCH3 is 1. The second kappa shape index (κ2) is 7.47. The van der Waals surface area contributed by atoms with E-state index in [1.807, 2.05) is 0 Å². The van der Waals surface area contributed by atoms with Crippen molar-refractivity contribution >= 4 is 29.0 Å². The molecule has 0 spiro atoms. The summed E-state index contributed by atoms with van der Waals surface area (Å²) in [5, 5.41) is 15.1. The summed E-state index contributed by atoms with van der Waals surface area (Å²) in [7, 11) is 1.29. The SMILES string of the molecule is COC(=O)c1ccccc1Nc1ncnc(N2CC3(C)CC2CC(C)(C)C3)c1[N+](=O)[O-]. The molecule has 2 aromatic rings. The van der Waals surface area contributed by atoms with Gasteiger partial charge in [0.1, 0.15) is 6.33 Å². The van der Waals surface area contributed by atoms with E-state index in [0.717, 1.165) is 25.8 Å². The van der Waals surface area contributed by atoms with Gasteiger partial charge in [-0.3, -0.25) is 10.1 Å². The number of anilines is 3. The Morgan fingerprint density at radius 2 is 2.00 bits per heavy atom. The van der Waals surface area contributed by atoms with Crippen molar-refractivity contribution in [2.24, 2.45) is 10.8 Å². The van der Waals surface area contributed by atoms with Crippen molar-refractivity contribution in [3.8, 4) is 0 Å². The molecule has 2 atom stereocenters. The number of hydrogen-bond acceptors (Lipinski definition) is 8. The third kappa shape index (κ3) is 3.92. The molecule has 2 bridgehead atoms. The third-order valence-corrected chi connectivity index (χ3v) is 6.26. The highest BCUT2D eigenvalue weighted by molar-refractivity contribution is 5.96. The standard InChI is InChI=1S/C22H27N5O4/c1-21(2)9-14-10-22(3,11-21)12-26(14)19-17(27(29)30)18(23-13-24-19)25-16-8-6-5-7-15(16)20(28)31-4/h5-8,13-14H,9-12H2,1-4H3,(H,23,24,25). The van der Waals surface area contributed by atoms with Crippen molar-refractivity contribution in [2.45, 2.75) is 46.1 Å². The Hall–Kier alpha value is -3.23. The van der Waals surface area contributed by atoms with Crippen LogP contribution in [0.2, 0.25) is 0 Å². The van der Waals surface area contributed by atoms with Gasteiger partial charge in [-0.2, -0.15) is 0 Å². The quantitative estimate of drug-likeness (QED) is 0.428. The molecule has 1 aromatic heterocycles. The molecule has 1 aromatic carbocycles. The summed E-state index contributed by atoms with van der Waals surface area (Å²) in [5.41, 5.74) is 0.739. The average molecular weight is 425 g/mol. The zero-order valence-electron chi connectivity index (χ0n) is 18.2. The molecule has 1 aliphatic carbocycles.